The van der Waals surface area contributed by atoms with Crippen LogP contribution in [0.2, 0.25) is 15.2 Å². The molecule has 43 heavy (non-hydrogen) atoms. The molecule has 3 aromatic rings. The molecule has 1 aliphatic rings. The van der Waals surface area contributed by atoms with Crippen molar-refractivity contribution in [2.45, 2.75) is 20.8 Å². The number of guanidine groups is 1. The van der Waals surface area contributed by atoms with Crippen LogP contribution in [-0.2, 0) is 4.74 Å². The van der Waals surface area contributed by atoms with Crippen LogP contribution in [0.1, 0.15) is 47.9 Å². The van der Waals surface area contributed by atoms with E-state index in [-0.39, 0.29) is 90.0 Å². The molecular formula is C24H23Cl4N7O8. The first-order chi connectivity index (χ1) is 19.5. The number of hydrogen-bond donors (Lipinski definition) is 6. The van der Waals surface area contributed by atoms with Gasteiger partial charge in [0.2, 0.25) is 0 Å². The maximum Gasteiger partial charge on any atom is 0.347 e. The second-order valence-electron chi connectivity index (χ2n) is 8.40. The number of amides is 1. The number of esters is 2. The van der Waals surface area contributed by atoms with Crippen molar-refractivity contribution >= 4 is 82.7 Å². The minimum Gasteiger partial charge on any atom is -0.507 e. The highest BCUT2D eigenvalue weighted by Crippen LogP contribution is 2.52. The Hall–Kier alpha value is -4.44. The van der Waals surface area contributed by atoms with Crippen LogP contribution in [0.4, 0.5) is 11.6 Å². The van der Waals surface area contributed by atoms with Gasteiger partial charge in [-0.3, -0.25) is 4.79 Å². The van der Waals surface area contributed by atoms with Crippen molar-refractivity contribution in [3.8, 4) is 28.7 Å². The zero-order chi connectivity index (χ0) is 31.8. The number of phenols is 2. The normalized spacial score (nSPS) is 11.2. The highest BCUT2D eigenvalue weighted by atomic mass is 35.5. The fourth-order valence-corrected chi connectivity index (χ4v) is 4.24. The number of methoxy groups -OCH3 is 1. The summed E-state index contributed by atoms with van der Waals surface area (Å²) in [6.45, 7) is 4.43. The number of aromatic nitrogens is 2. The number of fused-ring (bicyclic) bond motifs is 2. The molecule has 0 spiro atoms. The minimum absolute atomic E-state index is 0. The number of hydrogen-bond acceptors (Lipinski definition) is 12. The van der Waals surface area contributed by atoms with Gasteiger partial charge < -0.3 is 47.4 Å². The van der Waals surface area contributed by atoms with Gasteiger partial charge in [0.15, 0.2) is 51.4 Å². The lowest BCUT2D eigenvalue weighted by atomic mass is 10.0. The fraction of sp³-hybridized carbons (Fsp3) is 0.167. The lowest BCUT2D eigenvalue weighted by Crippen LogP contribution is -2.24. The number of nitrogens with zero attached hydrogens (tertiary/aromatic N) is 3. The SMILES string of the molecule is COC(=O)c1c(C)c2c(c(C)c1O)OC(=O)c1c(C)c(Cl)c(O)c(Cl)c1O2.Cl.NC(N)=NC(=O)c1nc(Cl)c(N)nc1N. The van der Waals surface area contributed by atoms with Gasteiger partial charge in [0, 0.05) is 11.1 Å². The van der Waals surface area contributed by atoms with Crippen molar-refractivity contribution < 1.29 is 38.8 Å². The van der Waals surface area contributed by atoms with E-state index in [1.165, 1.54) is 27.9 Å². The number of ether oxygens (including phenoxy) is 3. The van der Waals surface area contributed by atoms with Gasteiger partial charge in [-0.25, -0.2) is 19.6 Å². The number of rotatable bonds is 2. The maximum absolute atomic E-state index is 12.7. The molecule has 0 aliphatic carbocycles. The van der Waals surface area contributed by atoms with Crippen LogP contribution in [0, 0.1) is 20.8 Å². The lowest BCUT2D eigenvalue weighted by molar-refractivity contribution is 0.0595. The van der Waals surface area contributed by atoms with Crippen molar-refractivity contribution in [3.63, 3.8) is 0 Å². The third-order valence-corrected chi connectivity index (χ3v) is 6.82. The molecule has 0 saturated carbocycles. The lowest BCUT2D eigenvalue weighted by Gasteiger charge is -2.17. The van der Waals surface area contributed by atoms with E-state index in [2.05, 4.69) is 15.0 Å². The first kappa shape index (κ1) is 34.8. The number of phenolic OH excluding ortho intramolecular Hbond substituents is 2. The van der Waals surface area contributed by atoms with Crippen LogP contribution < -0.4 is 32.4 Å². The summed E-state index contributed by atoms with van der Waals surface area (Å²) in [5.41, 5.74) is 20.7. The van der Waals surface area contributed by atoms with E-state index >= 15 is 0 Å². The Balaban J connectivity index is 0.000000344. The van der Waals surface area contributed by atoms with Gasteiger partial charge in [-0.15, -0.1) is 12.4 Å². The molecule has 15 nitrogen and oxygen atoms in total. The third kappa shape index (κ3) is 6.49. The molecule has 0 fully saturated rings. The van der Waals surface area contributed by atoms with E-state index in [1.54, 1.807) is 0 Å². The van der Waals surface area contributed by atoms with Gasteiger partial charge in [-0.1, -0.05) is 34.8 Å². The Kier molecular flexibility index (Phi) is 10.7. The van der Waals surface area contributed by atoms with Crippen molar-refractivity contribution in [1.82, 2.24) is 9.97 Å². The predicted octanol–water partition coefficient (Wildman–Crippen LogP) is 3.57. The highest BCUT2D eigenvalue weighted by Gasteiger charge is 2.35. The van der Waals surface area contributed by atoms with Crippen LogP contribution in [0.25, 0.3) is 0 Å². The minimum atomic E-state index is -0.835. The molecule has 4 rings (SSSR count). The molecule has 1 amide bonds. The Bertz CT molecular complexity index is 1710. The summed E-state index contributed by atoms with van der Waals surface area (Å²) in [5.74, 6) is -4.24. The summed E-state index contributed by atoms with van der Waals surface area (Å²) in [7, 11) is 1.17. The van der Waals surface area contributed by atoms with E-state index in [0.717, 1.165) is 0 Å². The number of halogens is 4. The molecule has 1 aromatic heterocycles. The van der Waals surface area contributed by atoms with Gasteiger partial charge in [-0.2, -0.15) is 4.99 Å². The monoisotopic (exact) mass is 677 g/mol. The molecule has 1 aliphatic heterocycles. The molecule has 0 unspecified atom stereocenters. The second kappa shape index (κ2) is 13.2. The third-order valence-electron chi connectivity index (χ3n) is 5.73. The smallest absolute Gasteiger partial charge is 0.347 e. The van der Waals surface area contributed by atoms with Crippen LogP contribution in [0.15, 0.2) is 4.99 Å². The Labute approximate surface area is 264 Å². The molecule has 19 heteroatoms. The molecule has 0 bridgehead atoms. The Morgan fingerprint density at radius 3 is 2.00 bits per heavy atom. The zero-order valence-electron chi connectivity index (χ0n) is 22.5. The van der Waals surface area contributed by atoms with E-state index in [9.17, 15) is 24.6 Å². The van der Waals surface area contributed by atoms with Gasteiger partial charge in [0.25, 0.3) is 0 Å². The molecule has 0 saturated heterocycles. The summed E-state index contributed by atoms with van der Waals surface area (Å²) in [6, 6.07) is 0. The fourth-order valence-electron chi connectivity index (χ4n) is 3.65. The van der Waals surface area contributed by atoms with Crippen molar-refractivity contribution in [2.75, 3.05) is 18.6 Å². The topological polar surface area (TPSA) is 262 Å². The van der Waals surface area contributed by atoms with Crippen molar-refractivity contribution in [2.24, 2.45) is 16.5 Å². The predicted molar refractivity (Wildman–Crippen MR) is 160 cm³/mol. The van der Waals surface area contributed by atoms with Gasteiger partial charge in [0.05, 0.1) is 12.1 Å². The van der Waals surface area contributed by atoms with Gasteiger partial charge in [0.1, 0.15) is 21.9 Å². The maximum atomic E-state index is 12.7. The number of carbonyl (C=O) groups is 3. The molecule has 0 atom stereocenters. The molecule has 0 radical (unpaired) electrons. The summed E-state index contributed by atoms with van der Waals surface area (Å²) in [4.78, 5) is 46.5. The number of nitrogens with two attached hydrogens (primary N) is 4. The van der Waals surface area contributed by atoms with Crippen LogP contribution in [-0.4, -0.2) is 51.1 Å². The van der Waals surface area contributed by atoms with Gasteiger partial charge in [-0.05, 0) is 26.3 Å². The van der Waals surface area contributed by atoms with E-state index in [1.807, 2.05) is 0 Å². The summed E-state index contributed by atoms with van der Waals surface area (Å²) in [5, 5.41) is 20.0. The standard InChI is InChI=1S/C18H14Cl2O7.C6H8ClN7O.ClH/c1-5-9-16(11(20)13(22)10(5)19)26-14-6(2)8(17(23)25-4)12(21)7(3)15(14)27-18(9)24;7-2-4(9)13-3(8)1(12-2)5(15)14-6(10)11;/h21-22H,1-4H3;(H4,8,9,13)(H4,10,11,14,15);1H. The Morgan fingerprint density at radius 2 is 1.44 bits per heavy atom. The molecule has 10 N–H and O–H groups in total. The zero-order valence-corrected chi connectivity index (χ0v) is 25.6. The first-order valence-electron chi connectivity index (χ1n) is 11.3. The van der Waals surface area contributed by atoms with Crippen LogP contribution in [0.3, 0.4) is 0 Å². The number of carbonyl (C=O) groups excluding carboxylic acids is 3. The van der Waals surface area contributed by atoms with Crippen LogP contribution >= 0.6 is 47.2 Å². The number of benzene rings is 2. The number of nitrogen functional groups attached to an aromatic ring is 2. The average molecular weight is 679 g/mol. The van der Waals surface area contributed by atoms with Crippen molar-refractivity contribution in [1.29, 1.82) is 0 Å². The quantitative estimate of drug-likeness (QED) is 0.0979. The van der Waals surface area contributed by atoms with E-state index in [0.29, 0.717) is 0 Å². The van der Waals surface area contributed by atoms with E-state index in [4.69, 9.17) is 71.9 Å². The Morgan fingerprint density at radius 1 is 0.860 bits per heavy atom. The van der Waals surface area contributed by atoms with Crippen LogP contribution in [0.5, 0.6) is 28.7 Å². The molecule has 2 aromatic carbocycles. The first-order valence-corrected chi connectivity index (χ1v) is 12.4. The second-order valence-corrected chi connectivity index (χ2v) is 9.51. The molecular weight excluding hydrogens is 656 g/mol. The molecule has 2 heterocycles. The number of anilines is 2. The number of aromatic hydroxyl groups is 2. The average Bonchev–Trinajstić information content (AvgIpc) is 3.08. The summed E-state index contributed by atoms with van der Waals surface area (Å²) in [6.07, 6.45) is 0. The van der Waals surface area contributed by atoms with Crippen molar-refractivity contribution in [3.05, 3.63) is 48.7 Å². The number of aliphatic imine (C=N–C) groups is 1. The van der Waals surface area contributed by atoms with Gasteiger partial charge >= 0.3 is 17.8 Å². The molecule has 230 valence electrons. The summed E-state index contributed by atoms with van der Waals surface area (Å²) >= 11 is 17.7. The largest absolute Gasteiger partial charge is 0.507 e. The highest BCUT2D eigenvalue weighted by molar-refractivity contribution is 6.39. The van der Waals surface area contributed by atoms with E-state index < -0.39 is 35.3 Å². The summed E-state index contributed by atoms with van der Waals surface area (Å²) < 4.78 is 15.9.